The number of benzene rings is 1. The van der Waals surface area contributed by atoms with Crippen molar-refractivity contribution >= 4 is 34.1 Å². The number of aromatic nitrogens is 1. The van der Waals surface area contributed by atoms with Crippen molar-refractivity contribution in [2.24, 2.45) is 0 Å². The molecule has 0 atom stereocenters. The van der Waals surface area contributed by atoms with Gasteiger partial charge in [-0.3, -0.25) is 0 Å². The van der Waals surface area contributed by atoms with E-state index in [0.717, 1.165) is 27.5 Å². The third-order valence-electron chi connectivity index (χ3n) is 4.22. The van der Waals surface area contributed by atoms with E-state index in [0.29, 0.717) is 17.9 Å². The van der Waals surface area contributed by atoms with Gasteiger partial charge in [-0.25, -0.2) is 13.8 Å². The monoisotopic (exact) mass is 440 g/mol. The number of halogens is 2. The van der Waals surface area contributed by atoms with Crippen molar-refractivity contribution in [3.8, 4) is 0 Å². The zero-order valence-electron chi connectivity index (χ0n) is 16.9. The Bertz CT molecular complexity index is 899. The molecule has 0 saturated carbocycles. The van der Waals surface area contributed by atoms with Crippen LogP contribution in [0.3, 0.4) is 0 Å². The van der Waals surface area contributed by atoms with Gasteiger partial charge in [0.2, 0.25) is 0 Å². The number of hydrogen-bond acceptors (Lipinski definition) is 7. The molecule has 0 saturated heterocycles. The summed E-state index contributed by atoms with van der Waals surface area (Å²) in [6.07, 6.45) is 1.92. The van der Waals surface area contributed by atoms with E-state index in [1.165, 1.54) is 18.0 Å². The SMILES string of the molecule is CC(C)Nc1nc2c(s1)CN(SCc1cccc(F)c1F)C=C2NC(C)(C)CO. The first-order valence-electron chi connectivity index (χ1n) is 9.38. The first-order chi connectivity index (χ1) is 13.7. The van der Waals surface area contributed by atoms with Gasteiger partial charge < -0.3 is 20.0 Å². The van der Waals surface area contributed by atoms with E-state index < -0.39 is 17.2 Å². The van der Waals surface area contributed by atoms with Crippen molar-refractivity contribution in [3.63, 3.8) is 0 Å². The van der Waals surface area contributed by atoms with Crippen molar-refractivity contribution in [1.82, 2.24) is 14.6 Å². The molecule has 1 aromatic heterocycles. The molecule has 9 heteroatoms. The van der Waals surface area contributed by atoms with E-state index in [9.17, 15) is 13.9 Å². The van der Waals surface area contributed by atoms with Crippen LogP contribution >= 0.6 is 23.3 Å². The van der Waals surface area contributed by atoms with E-state index in [2.05, 4.69) is 24.5 Å². The van der Waals surface area contributed by atoms with Crippen LogP contribution in [0.1, 0.15) is 43.8 Å². The molecule has 0 radical (unpaired) electrons. The van der Waals surface area contributed by atoms with Crippen LogP contribution in [0.2, 0.25) is 0 Å². The van der Waals surface area contributed by atoms with Gasteiger partial charge in [0.25, 0.3) is 0 Å². The van der Waals surface area contributed by atoms with Crippen molar-refractivity contribution in [2.75, 3.05) is 11.9 Å². The van der Waals surface area contributed by atoms with E-state index in [-0.39, 0.29) is 12.6 Å². The van der Waals surface area contributed by atoms with Gasteiger partial charge in [0, 0.05) is 23.6 Å². The van der Waals surface area contributed by atoms with E-state index in [4.69, 9.17) is 4.98 Å². The lowest BCUT2D eigenvalue weighted by atomic mass is 10.1. The number of rotatable bonds is 8. The Labute approximate surface area is 178 Å². The number of aliphatic hydroxyl groups excluding tert-OH is 1. The lowest BCUT2D eigenvalue weighted by Crippen LogP contribution is -2.42. The van der Waals surface area contributed by atoms with Gasteiger partial charge in [-0.05, 0) is 45.7 Å². The summed E-state index contributed by atoms with van der Waals surface area (Å²) < 4.78 is 29.5. The van der Waals surface area contributed by atoms with Crippen molar-refractivity contribution in [3.05, 3.63) is 52.2 Å². The minimum absolute atomic E-state index is 0.0391. The van der Waals surface area contributed by atoms with Gasteiger partial charge in [-0.15, -0.1) is 0 Å². The summed E-state index contributed by atoms with van der Waals surface area (Å²) in [5.74, 6) is -1.33. The number of nitrogens with one attached hydrogen (secondary N) is 2. The number of anilines is 1. The zero-order valence-corrected chi connectivity index (χ0v) is 18.6. The van der Waals surface area contributed by atoms with Crippen LogP contribution in [0.4, 0.5) is 13.9 Å². The minimum atomic E-state index is -0.835. The summed E-state index contributed by atoms with van der Waals surface area (Å²) in [6.45, 7) is 8.49. The molecular formula is C20H26F2N4OS2. The van der Waals surface area contributed by atoms with Gasteiger partial charge in [-0.2, -0.15) is 0 Å². The van der Waals surface area contributed by atoms with Gasteiger partial charge in [0.1, 0.15) is 5.69 Å². The second-order valence-corrected chi connectivity index (χ2v) is 9.96. The normalized spacial score (nSPS) is 14.1. The molecular weight excluding hydrogens is 414 g/mol. The summed E-state index contributed by atoms with van der Waals surface area (Å²) >= 11 is 2.98. The van der Waals surface area contributed by atoms with Crippen LogP contribution in [0.5, 0.6) is 0 Å². The van der Waals surface area contributed by atoms with Crippen molar-refractivity contribution in [1.29, 1.82) is 0 Å². The highest BCUT2D eigenvalue weighted by molar-refractivity contribution is 7.96. The Balaban J connectivity index is 1.83. The summed E-state index contributed by atoms with van der Waals surface area (Å²) in [5, 5.41) is 17.2. The fourth-order valence-electron chi connectivity index (χ4n) is 2.76. The van der Waals surface area contributed by atoms with E-state index in [1.54, 1.807) is 17.4 Å². The molecule has 2 heterocycles. The van der Waals surface area contributed by atoms with Crippen LogP contribution in [-0.4, -0.2) is 32.6 Å². The van der Waals surface area contributed by atoms with Crippen LogP contribution in [0.15, 0.2) is 24.4 Å². The number of thiazole rings is 1. The van der Waals surface area contributed by atoms with Gasteiger partial charge >= 0.3 is 0 Å². The fraction of sp³-hybridized carbons (Fsp3) is 0.450. The summed E-state index contributed by atoms with van der Waals surface area (Å²) in [4.78, 5) is 5.79. The predicted octanol–water partition coefficient (Wildman–Crippen LogP) is 4.56. The number of aliphatic hydroxyl groups is 1. The summed E-state index contributed by atoms with van der Waals surface area (Å²) in [7, 11) is 0. The molecule has 0 amide bonds. The highest BCUT2D eigenvalue weighted by Gasteiger charge is 2.27. The molecule has 3 N–H and O–H groups in total. The maximum absolute atomic E-state index is 14.0. The number of hydrogen-bond donors (Lipinski definition) is 3. The third kappa shape index (κ3) is 5.40. The average molecular weight is 441 g/mol. The molecule has 0 bridgehead atoms. The molecule has 1 aromatic carbocycles. The maximum atomic E-state index is 14.0. The first-order valence-corrected chi connectivity index (χ1v) is 11.1. The minimum Gasteiger partial charge on any atom is -0.394 e. The molecule has 1 aliphatic rings. The summed E-state index contributed by atoms with van der Waals surface area (Å²) in [5.41, 5.74) is 1.45. The Morgan fingerprint density at radius 3 is 2.79 bits per heavy atom. The smallest absolute Gasteiger partial charge is 0.183 e. The fourth-order valence-corrected chi connectivity index (χ4v) is 4.89. The third-order valence-corrected chi connectivity index (χ3v) is 6.20. The molecule has 3 rings (SSSR count). The molecule has 158 valence electrons. The predicted molar refractivity (Wildman–Crippen MR) is 116 cm³/mol. The average Bonchev–Trinajstić information content (AvgIpc) is 3.04. The van der Waals surface area contributed by atoms with Gasteiger partial charge in [0.05, 0.1) is 29.3 Å². The van der Waals surface area contributed by atoms with Gasteiger partial charge in [-0.1, -0.05) is 23.5 Å². The second-order valence-electron chi connectivity index (χ2n) is 7.86. The van der Waals surface area contributed by atoms with Gasteiger partial charge in [0.15, 0.2) is 16.8 Å². The van der Waals surface area contributed by atoms with Crippen LogP contribution in [0, 0.1) is 11.6 Å². The van der Waals surface area contributed by atoms with Crippen molar-refractivity contribution < 1.29 is 13.9 Å². The van der Waals surface area contributed by atoms with Crippen LogP contribution in [0.25, 0.3) is 5.70 Å². The Kier molecular flexibility index (Phi) is 6.70. The largest absolute Gasteiger partial charge is 0.394 e. The molecule has 29 heavy (non-hydrogen) atoms. The second kappa shape index (κ2) is 8.89. The van der Waals surface area contributed by atoms with E-state index >= 15 is 0 Å². The lowest BCUT2D eigenvalue weighted by molar-refractivity contribution is 0.203. The molecule has 0 aliphatic carbocycles. The first kappa shape index (κ1) is 21.9. The molecule has 5 nitrogen and oxygen atoms in total. The zero-order chi connectivity index (χ0) is 21.2. The Morgan fingerprint density at radius 1 is 1.34 bits per heavy atom. The maximum Gasteiger partial charge on any atom is 0.183 e. The lowest BCUT2D eigenvalue weighted by Gasteiger charge is -2.31. The van der Waals surface area contributed by atoms with Crippen LogP contribution < -0.4 is 10.6 Å². The highest BCUT2D eigenvalue weighted by Crippen LogP contribution is 2.36. The van der Waals surface area contributed by atoms with E-state index in [1.807, 2.05) is 24.4 Å². The molecule has 0 unspecified atom stereocenters. The molecule has 0 spiro atoms. The standard InChI is InChI=1S/C20H26F2N4OS2/c1-12(2)23-19-24-18-15(25-20(3,4)11-27)8-26(9-16(18)29-19)28-10-13-6-5-7-14(21)17(13)22/h5-8,12,25,27H,9-11H2,1-4H3,(H,23,24). The number of fused-ring (bicyclic) bond motifs is 1. The molecule has 0 fully saturated rings. The highest BCUT2D eigenvalue weighted by atomic mass is 32.2. The summed E-state index contributed by atoms with van der Waals surface area (Å²) in [6, 6.07) is 4.49. The Morgan fingerprint density at radius 2 is 2.10 bits per heavy atom. The number of nitrogens with zero attached hydrogens (tertiary/aromatic N) is 2. The van der Waals surface area contributed by atoms with Crippen LogP contribution in [-0.2, 0) is 12.3 Å². The van der Waals surface area contributed by atoms with Crippen molar-refractivity contribution in [2.45, 2.75) is 51.6 Å². The topological polar surface area (TPSA) is 60.4 Å². The molecule has 1 aliphatic heterocycles. The molecule has 2 aromatic rings. The quantitative estimate of drug-likeness (QED) is 0.523. The Hall–Kier alpha value is -1.84.